The van der Waals surface area contributed by atoms with Gasteiger partial charge in [0.1, 0.15) is 0 Å². The van der Waals surface area contributed by atoms with Gasteiger partial charge in [-0.3, -0.25) is 0 Å². The van der Waals surface area contributed by atoms with Crippen molar-refractivity contribution in [1.82, 2.24) is 9.97 Å². The number of hydrogen-bond acceptors (Lipinski definition) is 5. The zero-order valence-corrected chi connectivity index (χ0v) is 13.3. The molecule has 0 radical (unpaired) electrons. The number of rotatable bonds is 1. The molecule has 0 bridgehead atoms. The van der Waals surface area contributed by atoms with E-state index in [1.54, 1.807) is 5.01 Å². The Bertz CT molecular complexity index is 648. The van der Waals surface area contributed by atoms with Gasteiger partial charge in [0.25, 0.3) is 0 Å². The molecule has 0 spiro atoms. The van der Waals surface area contributed by atoms with Crippen LogP contribution >= 0.6 is 0 Å². The lowest BCUT2D eigenvalue weighted by Crippen LogP contribution is -2.49. The van der Waals surface area contributed by atoms with Crippen molar-refractivity contribution in [2.45, 2.75) is 46.8 Å². The SMILES string of the molecule is CC1=NN(c2nc(C)cc(C)n2)[C@]2(O)C[C@@H]3[C@H]([C@@H]12)C3(C)C. The van der Waals surface area contributed by atoms with Gasteiger partial charge in [-0.15, -0.1) is 0 Å². The van der Waals surface area contributed by atoms with E-state index in [0.717, 1.165) is 23.5 Å². The van der Waals surface area contributed by atoms with E-state index in [4.69, 9.17) is 0 Å². The molecule has 5 nitrogen and oxygen atoms in total. The van der Waals surface area contributed by atoms with Gasteiger partial charge in [-0.1, -0.05) is 13.8 Å². The molecular formula is C16H22N4O. The summed E-state index contributed by atoms with van der Waals surface area (Å²) in [6.45, 7) is 10.5. The van der Waals surface area contributed by atoms with Crippen LogP contribution < -0.4 is 5.01 Å². The lowest BCUT2D eigenvalue weighted by atomic mass is 9.84. The summed E-state index contributed by atoms with van der Waals surface area (Å²) in [5.41, 5.74) is 2.21. The predicted octanol–water partition coefficient (Wildman–Crippen LogP) is 2.27. The summed E-state index contributed by atoms with van der Waals surface area (Å²) >= 11 is 0. The van der Waals surface area contributed by atoms with Crippen molar-refractivity contribution < 1.29 is 5.11 Å². The first-order valence-corrected chi connectivity index (χ1v) is 7.65. The minimum atomic E-state index is -0.935. The zero-order chi connectivity index (χ0) is 15.2. The number of hydrogen-bond donors (Lipinski definition) is 1. The molecule has 0 aromatic carbocycles. The monoisotopic (exact) mass is 286 g/mol. The Kier molecular flexibility index (Phi) is 2.28. The molecule has 1 N–H and O–H groups in total. The van der Waals surface area contributed by atoms with Crippen LogP contribution in [0.2, 0.25) is 0 Å². The van der Waals surface area contributed by atoms with E-state index in [1.165, 1.54) is 0 Å². The third kappa shape index (κ3) is 1.53. The molecule has 2 aliphatic carbocycles. The number of fused-ring (bicyclic) bond motifs is 3. The number of aromatic nitrogens is 2. The molecular weight excluding hydrogens is 264 g/mol. The van der Waals surface area contributed by atoms with Gasteiger partial charge >= 0.3 is 0 Å². The summed E-state index contributed by atoms with van der Waals surface area (Å²) in [6, 6.07) is 1.94. The van der Waals surface area contributed by atoms with Crippen LogP contribution in [0.3, 0.4) is 0 Å². The zero-order valence-electron chi connectivity index (χ0n) is 13.3. The van der Waals surface area contributed by atoms with Crippen molar-refractivity contribution in [3.05, 3.63) is 17.5 Å². The van der Waals surface area contributed by atoms with Crippen LogP contribution in [0.1, 0.15) is 38.6 Å². The van der Waals surface area contributed by atoms with Crippen molar-refractivity contribution in [3.63, 3.8) is 0 Å². The van der Waals surface area contributed by atoms with Crippen molar-refractivity contribution in [2.75, 3.05) is 5.01 Å². The normalized spacial score (nSPS) is 39.0. The van der Waals surface area contributed by atoms with E-state index in [2.05, 4.69) is 28.9 Å². The summed E-state index contributed by atoms with van der Waals surface area (Å²) < 4.78 is 0. The van der Waals surface area contributed by atoms with Gasteiger partial charge in [0, 0.05) is 23.5 Å². The van der Waals surface area contributed by atoms with Crippen LogP contribution in [0.5, 0.6) is 0 Å². The molecule has 1 aromatic rings. The highest BCUT2D eigenvalue weighted by Crippen LogP contribution is 2.73. The second kappa shape index (κ2) is 3.64. The highest BCUT2D eigenvalue weighted by Gasteiger charge is 2.75. The fourth-order valence-electron chi connectivity index (χ4n) is 4.72. The fraction of sp³-hybridized carbons (Fsp3) is 0.688. The molecule has 1 aromatic heterocycles. The third-order valence-corrected chi connectivity index (χ3v) is 5.75. The lowest BCUT2D eigenvalue weighted by molar-refractivity contribution is 0.00554. The van der Waals surface area contributed by atoms with Gasteiger partial charge in [-0.05, 0) is 44.1 Å². The third-order valence-electron chi connectivity index (χ3n) is 5.75. The summed E-state index contributed by atoms with van der Waals surface area (Å²) in [6.07, 6.45) is 0.756. The van der Waals surface area contributed by atoms with Crippen molar-refractivity contribution in [3.8, 4) is 0 Å². The quantitative estimate of drug-likeness (QED) is 0.860. The van der Waals surface area contributed by atoms with Gasteiger partial charge in [0.15, 0.2) is 5.72 Å². The van der Waals surface area contributed by atoms with Crippen molar-refractivity contribution >= 4 is 11.7 Å². The Morgan fingerprint density at radius 2 is 1.81 bits per heavy atom. The first kappa shape index (κ1) is 13.2. The maximum atomic E-state index is 11.3. The van der Waals surface area contributed by atoms with Gasteiger partial charge in [0.05, 0.1) is 5.92 Å². The molecule has 1 aliphatic heterocycles. The summed E-state index contributed by atoms with van der Waals surface area (Å²) in [7, 11) is 0. The molecule has 112 valence electrons. The second-order valence-electron chi connectivity index (χ2n) is 7.52. The Labute approximate surface area is 125 Å². The summed E-state index contributed by atoms with van der Waals surface area (Å²) in [5.74, 6) is 1.74. The number of aliphatic hydroxyl groups is 1. The second-order valence-corrected chi connectivity index (χ2v) is 7.52. The molecule has 3 aliphatic rings. The van der Waals surface area contributed by atoms with Crippen LogP contribution in [-0.4, -0.2) is 26.5 Å². The standard InChI is InChI=1S/C16H22N4O/c1-8-6-9(2)18-14(17-8)20-16(21)7-11-13(15(11,4)5)12(16)10(3)19-20/h6,11-13,21H,7H2,1-5H3/t11-,12-,13-,16+/m1/s1. The van der Waals surface area contributed by atoms with E-state index in [1.807, 2.05) is 26.8 Å². The van der Waals surface area contributed by atoms with Crippen molar-refractivity contribution in [2.24, 2.45) is 28.3 Å². The van der Waals surface area contributed by atoms with Crippen LogP contribution in [0.15, 0.2) is 11.2 Å². The smallest absolute Gasteiger partial charge is 0.249 e. The van der Waals surface area contributed by atoms with E-state index in [9.17, 15) is 5.11 Å². The van der Waals surface area contributed by atoms with E-state index in [-0.39, 0.29) is 5.92 Å². The lowest BCUT2D eigenvalue weighted by Gasteiger charge is -2.35. The molecule has 4 atom stereocenters. The van der Waals surface area contributed by atoms with E-state index >= 15 is 0 Å². The highest BCUT2D eigenvalue weighted by atomic mass is 16.3. The number of nitrogens with zero attached hydrogens (tertiary/aromatic N) is 4. The highest BCUT2D eigenvalue weighted by molar-refractivity contribution is 5.90. The van der Waals surface area contributed by atoms with E-state index in [0.29, 0.717) is 23.2 Å². The van der Waals surface area contributed by atoms with Crippen LogP contribution in [0, 0.1) is 37.0 Å². The summed E-state index contributed by atoms with van der Waals surface area (Å²) in [4.78, 5) is 8.96. The maximum Gasteiger partial charge on any atom is 0.249 e. The topological polar surface area (TPSA) is 61.6 Å². The molecule has 2 fully saturated rings. The molecule has 0 amide bonds. The van der Waals surface area contributed by atoms with Gasteiger partial charge < -0.3 is 5.11 Å². The largest absolute Gasteiger partial charge is 0.368 e. The Balaban J connectivity index is 1.76. The minimum absolute atomic E-state index is 0.113. The first-order valence-electron chi connectivity index (χ1n) is 7.65. The number of hydrazone groups is 1. The Hall–Kier alpha value is -1.49. The molecule has 0 saturated heterocycles. The average Bonchev–Trinajstić information content (AvgIpc) is 2.69. The average molecular weight is 286 g/mol. The van der Waals surface area contributed by atoms with Gasteiger partial charge in [-0.2, -0.15) is 10.1 Å². The van der Waals surface area contributed by atoms with Crippen LogP contribution in [-0.2, 0) is 0 Å². The van der Waals surface area contributed by atoms with Crippen LogP contribution in [0.4, 0.5) is 5.95 Å². The van der Waals surface area contributed by atoms with Gasteiger partial charge in [0.2, 0.25) is 5.95 Å². The molecule has 0 unspecified atom stereocenters. The van der Waals surface area contributed by atoms with Gasteiger partial charge in [-0.25, -0.2) is 9.97 Å². The molecule has 2 saturated carbocycles. The molecule has 4 rings (SSSR count). The summed E-state index contributed by atoms with van der Waals surface area (Å²) in [5, 5.41) is 17.6. The number of aryl methyl sites for hydroxylation is 2. The predicted molar refractivity (Wildman–Crippen MR) is 80.9 cm³/mol. The Morgan fingerprint density at radius 1 is 1.19 bits per heavy atom. The first-order chi connectivity index (χ1) is 9.75. The number of anilines is 1. The van der Waals surface area contributed by atoms with E-state index < -0.39 is 5.72 Å². The minimum Gasteiger partial charge on any atom is -0.368 e. The van der Waals surface area contributed by atoms with Crippen molar-refractivity contribution in [1.29, 1.82) is 0 Å². The van der Waals surface area contributed by atoms with Crippen LogP contribution in [0.25, 0.3) is 0 Å². The maximum absolute atomic E-state index is 11.3. The molecule has 5 heteroatoms. The fourth-order valence-corrected chi connectivity index (χ4v) is 4.72. The molecule has 21 heavy (non-hydrogen) atoms. The molecule has 2 heterocycles. The Morgan fingerprint density at radius 3 is 2.43 bits per heavy atom.